The number of benzene rings is 2. The topological polar surface area (TPSA) is 114 Å². The van der Waals surface area contributed by atoms with Crippen molar-refractivity contribution in [3.05, 3.63) is 65.7 Å². The average Bonchev–Trinajstić information content (AvgIpc) is 2.95. The lowest BCUT2D eigenvalue weighted by atomic mass is 10.2. The van der Waals surface area contributed by atoms with Gasteiger partial charge in [-0.05, 0) is 42.0 Å². The van der Waals surface area contributed by atoms with Crippen LogP contribution in [0.4, 0.5) is 17.8 Å². The average molecular weight is 490 g/mol. The highest BCUT2D eigenvalue weighted by Crippen LogP contribution is 2.19. The number of rotatable bonds is 7. The normalized spacial score (nSPS) is 16.2. The highest BCUT2D eigenvalue weighted by atomic mass is 16.5. The van der Waals surface area contributed by atoms with E-state index in [0.717, 1.165) is 31.7 Å². The molecule has 5 rings (SSSR count). The van der Waals surface area contributed by atoms with E-state index in [1.807, 2.05) is 18.2 Å². The van der Waals surface area contributed by atoms with Gasteiger partial charge in [-0.1, -0.05) is 18.2 Å². The van der Waals surface area contributed by atoms with E-state index in [2.05, 4.69) is 35.3 Å². The molecular formula is C25H27N7O4. The Morgan fingerprint density at radius 1 is 0.833 bits per heavy atom. The molecule has 1 aromatic heterocycles. The van der Waals surface area contributed by atoms with Crippen LogP contribution in [0.1, 0.15) is 15.9 Å². The second-order valence-electron chi connectivity index (χ2n) is 8.15. The summed E-state index contributed by atoms with van der Waals surface area (Å²) in [6.45, 7) is 5.42. The molecule has 0 unspecified atom stereocenters. The van der Waals surface area contributed by atoms with Gasteiger partial charge in [0.2, 0.25) is 17.8 Å². The van der Waals surface area contributed by atoms with Crippen LogP contribution >= 0.6 is 0 Å². The first-order chi connectivity index (χ1) is 17.7. The van der Waals surface area contributed by atoms with E-state index < -0.39 is 5.97 Å². The molecule has 0 amide bonds. The molecule has 11 nitrogen and oxygen atoms in total. The van der Waals surface area contributed by atoms with E-state index in [4.69, 9.17) is 14.2 Å². The van der Waals surface area contributed by atoms with Crippen LogP contribution in [-0.4, -0.2) is 79.7 Å². The summed E-state index contributed by atoms with van der Waals surface area (Å²) in [5, 5.41) is 4.30. The first kappa shape index (κ1) is 23.6. The number of nitrogens with one attached hydrogen (secondary N) is 1. The standard InChI is InChI=1S/C25H27N7O4/c33-22(20-4-2-1-3-5-20)36-21-8-6-19(7-9-21)18-26-30-23-27-24(31-10-14-34-15-11-31)29-25(28-23)32-12-16-35-17-13-32/h1-9,18H,10-17H2,(H,27,28,29,30)/b26-18-. The van der Waals surface area contributed by atoms with Crippen LogP contribution in [-0.2, 0) is 9.47 Å². The van der Waals surface area contributed by atoms with Crippen molar-refractivity contribution in [3.8, 4) is 5.75 Å². The molecule has 0 bridgehead atoms. The maximum atomic E-state index is 12.2. The fourth-order valence-electron chi connectivity index (χ4n) is 3.74. The van der Waals surface area contributed by atoms with Gasteiger partial charge in [-0.2, -0.15) is 20.1 Å². The first-order valence-electron chi connectivity index (χ1n) is 11.8. The summed E-state index contributed by atoms with van der Waals surface area (Å²) in [4.78, 5) is 30.2. The van der Waals surface area contributed by atoms with E-state index in [9.17, 15) is 4.79 Å². The summed E-state index contributed by atoms with van der Waals surface area (Å²) in [5.41, 5.74) is 4.24. The predicted octanol–water partition coefficient (Wildman–Crippen LogP) is 2.21. The van der Waals surface area contributed by atoms with Gasteiger partial charge in [-0.15, -0.1) is 0 Å². The number of carbonyl (C=O) groups excluding carboxylic acids is 1. The summed E-state index contributed by atoms with van der Waals surface area (Å²) < 4.78 is 16.3. The number of anilines is 3. The molecule has 2 aliphatic heterocycles. The van der Waals surface area contributed by atoms with Crippen molar-refractivity contribution in [2.24, 2.45) is 5.10 Å². The molecule has 2 aromatic carbocycles. The third kappa shape index (κ3) is 6.12. The Kier molecular flexibility index (Phi) is 7.59. The van der Waals surface area contributed by atoms with Gasteiger partial charge in [0.15, 0.2) is 0 Å². The quantitative estimate of drug-likeness (QED) is 0.229. The van der Waals surface area contributed by atoms with Gasteiger partial charge in [0, 0.05) is 26.2 Å². The van der Waals surface area contributed by atoms with E-state index >= 15 is 0 Å². The minimum atomic E-state index is -0.402. The van der Waals surface area contributed by atoms with Gasteiger partial charge in [-0.25, -0.2) is 10.2 Å². The van der Waals surface area contributed by atoms with E-state index in [1.54, 1.807) is 42.6 Å². The lowest BCUT2D eigenvalue weighted by Gasteiger charge is -2.30. The molecule has 2 aliphatic rings. The summed E-state index contributed by atoms with van der Waals surface area (Å²) >= 11 is 0. The predicted molar refractivity (Wildman–Crippen MR) is 135 cm³/mol. The van der Waals surface area contributed by atoms with E-state index in [-0.39, 0.29) is 0 Å². The highest BCUT2D eigenvalue weighted by molar-refractivity contribution is 5.91. The third-order valence-electron chi connectivity index (χ3n) is 5.68. The second kappa shape index (κ2) is 11.6. The minimum Gasteiger partial charge on any atom is -0.423 e. The Morgan fingerprint density at radius 3 is 2.00 bits per heavy atom. The molecule has 0 saturated carbocycles. The second-order valence-corrected chi connectivity index (χ2v) is 8.15. The van der Waals surface area contributed by atoms with Crippen LogP contribution in [0.2, 0.25) is 0 Å². The minimum absolute atomic E-state index is 0.359. The number of ether oxygens (including phenoxy) is 3. The molecule has 0 radical (unpaired) electrons. The van der Waals surface area contributed by atoms with Gasteiger partial charge < -0.3 is 24.0 Å². The summed E-state index contributed by atoms with van der Waals surface area (Å²) in [5.74, 6) is 1.60. The molecule has 3 aromatic rings. The summed E-state index contributed by atoms with van der Waals surface area (Å²) in [7, 11) is 0. The maximum Gasteiger partial charge on any atom is 0.343 e. The lowest BCUT2D eigenvalue weighted by Crippen LogP contribution is -2.40. The molecule has 3 heterocycles. The van der Waals surface area contributed by atoms with Crippen molar-refractivity contribution >= 4 is 30.0 Å². The molecule has 0 spiro atoms. The number of hydrazone groups is 1. The molecule has 1 N–H and O–H groups in total. The monoisotopic (exact) mass is 489 g/mol. The van der Waals surface area contributed by atoms with Gasteiger partial charge in [-0.3, -0.25) is 0 Å². The van der Waals surface area contributed by atoms with E-state index in [0.29, 0.717) is 55.6 Å². The Labute approximate surface area is 208 Å². The number of morpholine rings is 2. The smallest absolute Gasteiger partial charge is 0.343 e. The largest absolute Gasteiger partial charge is 0.423 e. The lowest BCUT2D eigenvalue weighted by molar-refractivity contribution is 0.0734. The van der Waals surface area contributed by atoms with E-state index in [1.165, 1.54) is 0 Å². The maximum absolute atomic E-state index is 12.2. The zero-order valence-corrected chi connectivity index (χ0v) is 19.7. The SMILES string of the molecule is O=C(Oc1ccc(/C=N\Nc2nc(N3CCOCC3)nc(N3CCOCC3)n2)cc1)c1ccccc1. The van der Waals surface area contributed by atoms with Crippen molar-refractivity contribution in [2.75, 3.05) is 67.8 Å². The number of nitrogens with zero attached hydrogens (tertiary/aromatic N) is 6. The number of hydrogen-bond acceptors (Lipinski definition) is 11. The zero-order chi connectivity index (χ0) is 24.6. The van der Waals surface area contributed by atoms with Crippen molar-refractivity contribution in [1.29, 1.82) is 0 Å². The number of esters is 1. The highest BCUT2D eigenvalue weighted by Gasteiger charge is 2.20. The molecule has 186 valence electrons. The Morgan fingerprint density at radius 2 is 1.42 bits per heavy atom. The number of hydrogen-bond donors (Lipinski definition) is 1. The van der Waals surface area contributed by atoms with Gasteiger partial charge >= 0.3 is 5.97 Å². The van der Waals surface area contributed by atoms with Crippen LogP contribution in [0, 0.1) is 0 Å². The van der Waals surface area contributed by atoms with Crippen molar-refractivity contribution in [3.63, 3.8) is 0 Å². The van der Waals surface area contributed by atoms with Crippen molar-refractivity contribution < 1.29 is 19.0 Å². The molecule has 36 heavy (non-hydrogen) atoms. The Hall–Kier alpha value is -4.09. The van der Waals surface area contributed by atoms with Crippen LogP contribution in [0.25, 0.3) is 0 Å². The molecule has 2 fully saturated rings. The van der Waals surface area contributed by atoms with Gasteiger partial charge in [0.25, 0.3) is 0 Å². The molecule has 0 aliphatic carbocycles. The third-order valence-corrected chi connectivity index (χ3v) is 5.68. The fraction of sp³-hybridized carbons (Fsp3) is 0.320. The van der Waals surface area contributed by atoms with Crippen LogP contribution in [0.3, 0.4) is 0 Å². The molecule has 0 atom stereocenters. The van der Waals surface area contributed by atoms with Gasteiger partial charge in [0.05, 0.1) is 38.2 Å². The Balaban J connectivity index is 1.25. The molecule has 2 saturated heterocycles. The van der Waals surface area contributed by atoms with Gasteiger partial charge in [0.1, 0.15) is 5.75 Å². The summed E-state index contributed by atoms with van der Waals surface area (Å²) in [6.07, 6.45) is 1.65. The summed E-state index contributed by atoms with van der Waals surface area (Å²) in [6, 6.07) is 15.9. The molecular weight excluding hydrogens is 462 g/mol. The molecule has 11 heteroatoms. The first-order valence-corrected chi connectivity index (χ1v) is 11.8. The zero-order valence-electron chi connectivity index (χ0n) is 19.7. The van der Waals surface area contributed by atoms with Crippen LogP contribution in [0.15, 0.2) is 59.7 Å². The number of carbonyl (C=O) groups is 1. The number of aromatic nitrogens is 3. The fourth-order valence-corrected chi connectivity index (χ4v) is 3.74. The van der Waals surface area contributed by atoms with Crippen LogP contribution in [0.5, 0.6) is 5.75 Å². The van der Waals surface area contributed by atoms with Crippen molar-refractivity contribution in [1.82, 2.24) is 15.0 Å². The Bertz CT molecular complexity index is 1140. The van der Waals surface area contributed by atoms with Crippen molar-refractivity contribution in [2.45, 2.75) is 0 Å². The van der Waals surface area contributed by atoms with Crippen LogP contribution < -0.4 is 20.0 Å².